The summed E-state index contributed by atoms with van der Waals surface area (Å²) in [7, 11) is 3.53. The van der Waals surface area contributed by atoms with E-state index in [1.54, 1.807) is 25.3 Å². The van der Waals surface area contributed by atoms with Gasteiger partial charge < -0.3 is 20.0 Å². The summed E-state index contributed by atoms with van der Waals surface area (Å²) in [4.78, 5) is 18.4. The summed E-state index contributed by atoms with van der Waals surface area (Å²) in [5.41, 5.74) is 1.84. The van der Waals surface area contributed by atoms with Crippen molar-refractivity contribution in [2.45, 2.75) is 39.2 Å². The maximum Gasteiger partial charge on any atom is 0.253 e. The van der Waals surface area contributed by atoms with Crippen LogP contribution in [0.4, 0.5) is 0 Å². The fraction of sp³-hybridized carbons (Fsp3) is 0.455. The third-order valence-electron chi connectivity index (χ3n) is 4.49. The van der Waals surface area contributed by atoms with Crippen molar-refractivity contribution in [2.75, 3.05) is 27.2 Å². The van der Waals surface area contributed by atoms with Crippen molar-refractivity contribution in [3.63, 3.8) is 0 Å². The van der Waals surface area contributed by atoms with Crippen molar-refractivity contribution in [1.29, 1.82) is 0 Å². The molecule has 1 amide bonds. The van der Waals surface area contributed by atoms with Gasteiger partial charge in [-0.3, -0.25) is 9.79 Å². The highest BCUT2D eigenvalue weighted by atomic mass is 127. The standard InChI is InChI=1S/C22H32N4O2.HI/c1-5-17(2)25-22(24-14-12-20-10-7-15-28-20)23-13-11-18-8-6-9-19(16-18)21(27)26(3)4;/h6-10,15-17H,5,11-14H2,1-4H3,(H2,23,24,25);1H. The fourth-order valence-corrected chi connectivity index (χ4v) is 2.66. The summed E-state index contributed by atoms with van der Waals surface area (Å²) in [5.74, 6) is 1.77. The zero-order chi connectivity index (χ0) is 20.4. The first-order valence-electron chi connectivity index (χ1n) is 9.87. The highest BCUT2D eigenvalue weighted by molar-refractivity contribution is 14.0. The number of nitrogens with zero attached hydrogens (tertiary/aromatic N) is 2. The van der Waals surface area contributed by atoms with E-state index in [2.05, 4.69) is 29.5 Å². The van der Waals surface area contributed by atoms with Crippen LogP contribution in [0.15, 0.2) is 52.1 Å². The lowest BCUT2D eigenvalue weighted by molar-refractivity contribution is 0.0827. The molecule has 0 spiro atoms. The van der Waals surface area contributed by atoms with Crippen molar-refractivity contribution < 1.29 is 9.21 Å². The molecular formula is C22H33IN4O2. The number of rotatable bonds is 9. The molecule has 29 heavy (non-hydrogen) atoms. The average Bonchev–Trinajstić information content (AvgIpc) is 3.20. The molecule has 0 saturated carbocycles. The zero-order valence-corrected chi connectivity index (χ0v) is 20.1. The lowest BCUT2D eigenvalue weighted by Crippen LogP contribution is -2.43. The van der Waals surface area contributed by atoms with Gasteiger partial charge in [0.15, 0.2) is 5.96 Å². The highest BCUT2D eigenvalue weighted by Gasteiger charge is 2.08. The molecule has 2 N–H and O–H groups in total. The van der Waals surface area contributed by atoms with Gasteiger partial charge in [-0.25, -0.2) is 0 Å². The number of aliphatic imine (C=N–C) groups is 1. The second-order valence-corrected chi connectivity index (χ2v) is 7.09. The molecule has 160 valence electrons. The number of halogens is 1. The van der Waals surface area contributed by atoms with Gasteiger partial charge in [0.05, 0.1) is 6.26 Å². The monoisotopic (exact) mass is 512 g/mol. The Morgan fingerprint density at radius 3 is 2.66 bits per heavy atom. The minimum absolute atomic E-state index is 0. The number of guanidine groups is 1. The number of amides is 1. The van der Waals surface area contributed by atoms with Crippen molar-refractivity contribution in [2.24, 2.45) is 4.99 Å². The highest BCUT2D eigenvalue weighted by Crippen LogP contribution is 2.08. The van der Waals surface area contributed by atoms with Gasteiger partial charge in [-0.05, 0) is 49.6 Å². The molecular weight excluding hydrogens is 479 g/mol. The normalized spacial score (nSPS) is 12.1. The van der Waals surface area contributed by atoms with Crippen molar-refractivity contribution >= 4 is 35.8 Å². The van der Waals surface area contributed by atoms with Crippen LogP contribution in [-0.2, 0) is 12.8 Å². The van der Waals surface area contributed by atoms with E-state index in [1.165, 1.54) is 0 Å². The molecule has 1 aromatic carbocycles. The summed E-state index contributed by atoms with van der Waals surface area (Å²) >= 11 is 0. The fourth-order valence-electron chi connectivity index (χ4n) is 2.66. The SMILES string of the molecule is CCC(C)NC(=NCCc1ccco1)NCCc1cccc(C(=O)N(C)C)c1.I. The summed E-state index contributed by atoms with van der Waals surface area (Å²) < 4.78 is 5.36. The van der Waals surface area contributed by atoms with Crippen LogP contribution in [0.3, 0.4) is 0 Å². The molecule has 1 aromatic heterocycles. The van der Waals surface area contributed by atoms with Gasteiger partial charge in [0.1, 0.15) is 5.76 Å². The minimum atomic E-state index is 0. The molecule has 1 heterocycles. The predicted octanol–water partition coefficient (Wildman–Crippen LogP) is 3.72. The Morgan fingerprint density at radius 2 is 2.00 bits per heavy atom. The van der Waals surface area contributed by atoms with Gasteiger partial charge >= 0.3 is 0 Å². The van der Waals surface area contributed by atoms with E-state index in [0.717, 1.165) is 43.1 Å². The first-order chi connectivity index (χ1) is 13.5. The van der Waals surface area contributed by atoms with E-state index >= 15 is 0 Å². The molecule has 7 heteroatoms. The maximum atomic E-state index is 12.1. The van der Waals surface area contributed by atoms with Crippen molar-refractivity contribution in [1.82, 2.24) is 15.5 Å². The second kappa shape index (κ2) is 13.2. The Labute approximate surface area is 191 Å². The summed E-state index contributed by atoms with van der Waals surface area (Å²) in [6.45, 7) is 5.68. The quantitative estimate of drug-likeness (QED) is 0.305. The molecule has 1 unspecified atom stereocenters. The Morgan fingerprint density at radius 1 is 1.21 bits per heavy atom. The number of nitrogens with one attached hydrogen (secondary N) is 2. The first kappa shape index (κ1) is 25.0. The molecule has 0 saturated heterocycles. The van der Waals surface area contributed by atoms with Crippen LogP contribution in [0.5, 0.6) is 0 Å². The largest absolute Gasteiger partial charge is 0.469 e. The average molecular weight is 512 g/mol. The second-order valence-electron chi connectivity index (χ2n) is 7.09. The van der Waals surface area contributed by atoms with Crippen LogP contribution in [0.1, 0.15) is 41.9 Å². The predicted molar refractivity (Wildman–Crippen MR) is 129 cm³/mol. The number of carbonyl (C=O) groups is 1. The van der Waals surface area contributed by atoms with Gasteiger partial charge in [0.25, 0.3) is 5.91 Å². The molecule has 1 atom stereocenters. The lowest BCUT2D eigenvalue weighted by atomic mass is 10.1. The van der Waals surface area contributed by atoms with Gasteiger partial charge in [0.2, 0.25) is 0 Å². The Kier molecular flexibility index (Phi) is 11.4. The number of hydrogen-bond acceptors (Lipinski definition) is 3. The molecule has 0 bridgehead atoms. The molecule has 0 aliphatic rings. The van der Waals surface area contributed by atoms with Gasteiger partial charge in [0, 0.05) is 45.2 Å². The van der Waals surface area contributed by atoms with Gasteiger partial charge in [-0.1, -0.05) is 19.1 Å². The molecule has 6 nitrogen and oxygen atoms in total. The first-order valence-corrected chi connectivity index (χ1v) is 9.87. The van der Waals surface area contributed by atoms with Crippen LogP contribution in [0.25, 0.3) is 0 Å². The number of furan rings is 1. The van der Waals surface area contributed by atoms with Gasteiger partial charge in [-0.15, -0.1) is 24.0 Å². The van der Waals surface area contributed by atoms with E-state index in [-0.39, 0.29) is 29.9 Å². The summed E-state index contributed by atoms with van der Waals surface area (Å²) in [6, 6.07) is 12.0. The smallest absolute Gasteiger partial charge is 0.253 e. The summed E-state index contributed by atoms with van der Waals surface area (Å²) in [6.07, 6.45) is 4.29. The van der Waals surface area contributed by atoms with Crippen LogP contribution in [-0.4, -0.2) is 50.0 Å². The van der Waals surface area contributed by atoms with Crippen molar-refractivity contribution in [3.8, 4) is 0 Å². The van der Waals surface area contributed by atoms with E-state index in [1.807, 2.05) is 36.4 Å². The molecule has 0 aliphatic carbocycles. The molecule has 0 radical (unpaired) electrons. The number of carbonyl (C=O) groups excluding carboxylic acids is 1. The van der Waals surface area contributed by atoms with E-state index in [9.17, 15) is 4.79 Å². The van der Waals surface area contributed by atoms with E-state index in [4.69, 9.17) is 4.42 Å². The molecule has 0 fully saturated rings. The van der Waals surface area contributed by atoms with E-state index in [0.29, 0.717) is 18.2 Å². The minimum Gasteiger partial charge on any atom is -0.469 e. The zero-order valence-electron chi connectivity index (χ0n) is 17.8. The molecule has 2 rings (SSSR count). The number of benzene rings is 1. The number of hydrogen-bond donors (Lipinski definition) is 2. The maximum absolute atomic E-state index is 12.1. The van der Waals surface area contributed by atoms with Crippen LogP contribution in [0.2, 0.25) is 0 Å². The van der Waals surface area contributed by atoms with Crippen LogP contribution >= 0.6 is 24.0 Å². The summed E-state index contributed by atoms with van der Waals surface area (Å²) in [5, 5.41) is 6.82. The third kappa shape index (κ3) is 8.89. The Balaban J connectivity index is 0.00000420. The topological polar surface area (TPSA) is 69.9 Å². The Hall–Kier alpha value is -2.03. The lowest BCUT2D eigenvalue weighted by Gasteiger charge is -2.17. The Bertz CT molecular complexity index is 760. The van der Waals surface area contributed by atoms with E-state index < -0.39 is 0 Å². The van der Waals surface area contributed by atoms with Crippen molar-refractivity contribution in [3.05, 3.63) is 59.5 Å². The van der Waals surface area contributed by atoms with Crippen LogP contribution < -0.4 is 10.6 Å². The molecule has 0 aliphatic heterocycles. The van der Waals surface area contributed by atoms with Gasteiger partial charge in [-0.2, -0.15) is 0 Å². The van der Waals surface area contributed by atoms with Crippen LogP contribution in [0, 0.1) is 0 Å². The third-order valence-corrected chi connectivity index (χ3v) is 4.49. The molecule has 2 aromatic rings.